The first kappa shape index (κ1) is 23.4. The van der Waals surface area contributed by atoms with Crippen molar-refractivity contribution < 1.29 is 27.9 Å². The lowest BCUT2D eigenvalue weighted by Crippen LogP contribution is -2.21. The summed E-state index contributed by atoms with van der Waals surface area (Å²) >= 11 is 1.14. The second-order valence-electron chi connectivity index (χ2n) is 6.35. The van der Waals surface area contributed by atoms with Gasteiger partial charge in [0.15, 0.2) is 5.17 Å². The molecule has 0 aliphatic carbocycles. The highest BCUT2D eigenvalue weighted by Gasteiger charge is 2.38. The van der Waals surface area contributed by atoms with Gasteiger partial charge in [-0.1, -0.05) is 12.1 Å². The van der Waals surface area contributed by atoms with Gasteiger partial charge in [-0.15, -0.1) is 0 Å². The number of aliphatic imine (C=N–C) groups is 1. The van der Waals surface area contributed by atoms with Crippen molar-refractivity contribution in [1.29, 1.82) is 5.26 Å². The molecule has 2 aromatic heterocycles. The van der Waals surface area contributed by atoms with E-state index < -0.39 is 12.1 Å². The molecule has 1 aromatic carbocycles. The summed E-state index contributed by atoms with van der Waals surface area (Å²) in [6.45, 7) is 0. The van der Waals surface area contributed by atoms with Gasteiger partial charge in [-0.25, -0.2) is 4.79 Å². The van der Waals surface area contributed by atoms with Crippen molar-refractivity contribution in [2.45, 2.75) is 6.18 Å². The lowest BCUT2D eigenvalue weighted by Gasteiger charge is -2.09. The maximum Gasteiger partial charge on any atom is 0.490 e. The van der Waals surface area contributed by atoms with Crippen LogP contribution in [0.4, 0.5) is 13.2 Å². The summed E-state index contributed by atoms with van der Waals surface area (Å²) in [7, 11) is 0. The van der Waals surface area contributed by atoms with Crippen LogP contribution in [0.2, 0.25) is 0 Å². The van der Waals surface area contributed by atoms with Crippen LogP contribution >= 0.6 is 11.8 Å². The molecule has 3 aromatic rings. The monoisotopic (exact) mass is 471 g/mol. The van der Waals surface area contributed by atoms with Crippen LogP contribution in [0.15, 0.2) is 58.8 Å². The molecule has 0 atom stereocenters. The second kappa shape index (κ2) is 9.49. The molecule has 12 heteroatoms. The number of alkyl halides is 3. The minimum atomic E-state index is -5.08. The van der Waals surface area contributed by atoms with E-state index in [1.807, 2.05) is 30.3 Å². The van der Waals surface area contributed by atoms with Crippen molar-refractivity contribution in [1.82, 2.24) is 9.97 Å². The molecule has 1 amide bonds. The number of halogens is 3. The van der Waals surface area contributed by atoms with Crippen molar-refractivity contribution in [2.24, 2.45) is 10.7 Å². The molecule has 0 saturated heterocycles. The summed E-state index contributed by atoms with van der Waals surface area (Å²) in [5.74, 6) is -3.10. The summed E-state index contributed by atoms with van der Waals surface area (Å²) in [4.78, 5) is 33.4. The largest absolute Gasteiger partial charge is 0.490 e. The zero-order valence-electron chi connectivity index (χ0n) is 16.4. The molecule has 1 aliphatic rings. The number of nitriles is 1. The van der Waals surface area contributed by atoms with E-state index in [-0.39, 0.29) is 11.1 Å². The number of hydrogen-bond acceptors (Lipinski definition) is 7. The van der Waals surface area contributed by atoms with Gasteiger partial charge in [-0.2, -0.15) is 23.4 Å². The van der Waals surface area contributed by atoms with Crippen LogP contribution in [0.3, 0.4) is 0 Å². The van der Waals surface area contributed by atoms with Crippen LogP contribution in [0.25, 0.3) is 28.1 Å². The fraction of sp³-hybridized carbons (Fsp3) is 0.0476. The minimum absolute atomic E-state index is 0.242. The lowest BCUT2D eigenvalue weighted by atomic mass is 9.97. The molecule has 8 nitrogen and oxygen atoms in total. The number of amides is 1. The Morgan fingerprint density at radius 2 is 1.97 bits per heavy atom. The van der Waals surface area contributed by atoms with E-state index in [1.54, 1.807) is 24.7 Å². The maximum atomic E-state index is 11.8. The Labute approximate surface area is 188 Å². The highest BCUT2D eigenvalue weighted by molar-refractivity contribution is 8.18. The summed E-state index contributed by atoms with van der Waals surface area (Å²) in [5, 5.41) is 17.7. The number of hydrogen-bond donors (Lipinski definition) is 2. The second-order valence-corrected chi connectivity index (χ2v) is 7.41. The third-order valence-electron chi connectivity index (χ3n) is 4.14. The molecule has 0 radical (unpaired) electrons. The molecular weight excluding hydrogens is 459 g/mol. The first-order valence-electron chi connectivity index (χ1n) is 8.91. The van der Waals surface area contributed by atoms with Crippen LogP contribution in [0, 0.1) is 11.3 Å². The average molecular weight is 471 g/mol. The topological polar surface area (TPSA) is 142 Å². The van der Waals surface area contributed by atoms with E-state index in [0.717, 1.165) is 39.4 Å². The molecule has 166 valence electrons. The Morgan fingerprint density at radius 3 is 2.52 bits per heavy atom. The molecule has 3 N–H and O–H groups in total. The number of benzene rings is 1. The Balaban J connectivity index is 0.000000383. The van der Waals surface area contributed by atoms with Gasteiger partial charge < -0.3 is 10.8 Å². The first-order valence-corrected chi connectivity index (χ1v) is 9.73. The highest BCUT2D eigenvalue weighted by Crippen LogP contribution is 2.32. The Hall–Kier alpha value is -4.24. The lowest BCUT2D eigenvalue weighted by molar-refractivity contribution is -0.192. The fourth-order valence-corrected chi connectivity index (χ4v) is 3.47. The van der Waals surface area contributed by atoms with Gasteiger partial charge in [0.05, 0.1) is 16.0 Å². The van der Waals surface area contributed by atoms with Gasteiger partial charge in [0, 0.05) is 35.1 Å². The molecule has 3 heterocycles. The quantitative estimate of drug-likeness (QED) is 0.539. The third kappa shape index (κ3) is 5.52. The van der Waals surface area contributed by atoms with Gasteiger partial charge in [0.1, 0.15) is 6.07 Å². The maximum absolute atomic E-state index is 11.8. The number of fused-ring (bicyclic) bond motifs is 1. The smallest absolute Gasteiger partial charge is 0.475 e. The predicted octanol–water partition coefficient (Wildman–Crippen LogP) is 3.73. The highest BCUT2D eigenvalue weighted by atomic mass is 32.2. The number of carboxylic acid groups (broad SMARTS) is 1. The molecule has 1 aliphatic heterocycles. The number of amidine groups is 1. The molecule has 4 rings (SSSR count). The number of pyridine rings is 2. The number of nitrogens with zero attached hydrogens (tertiary/aromatic N) is 4. The van der Waals surface area contributed by atoms with Crippen LogP contribution in [-0.2, 0) is 9.59 Å². The molecule has 0 spiro atoms. The fourth-order valence-electron chi connectivity index (χ4n) is 2.78. The number of carbonyl (C=O) groups is 2. The summed E-state index contributed by atoms with van der Waals surface area (Å²) in [6, 6.07) is 11.5. The summed E-state index contributed by atoms with van der Waals surface area (Å²) in [5.41, 5.74) is 9.23. The molecule has 0 unspecified atom stereocenters. The van der Waals surface area contributed by atoms with Crippen molar-refractivity contribution in [2.75, 3.05) is 0 Å². The van der Waals surface area contributed by atoms with E-state index in [2.05, 4.69) is 21.0 Å². The number of thioether (sulfide) groups is 1. The summed E-state index contributed by atoms with van der Waals surface area (Å²) < 4.78 is 31.7. The van der Waals surface area contributed by atoms with Gasteiger partial charge in [0.25, 0.3) is 5.91 Å². The number of carbonyl (C=O) groups excluding carboxylic acids is 1. The Kier molecular flexibility index (Phi) is 6.74. The van der Waals surface area contributed by atoms with Crippen molar-refractivity contribution in [3.05, 3.63) is 65.0 Å². The predicted molar refractivity (Wildman–Crippen MR) is 116 cm³/mol. The van der Waals surface area contributed by atoms with E-state index in [0.29, 0.717) is 10.5 Å². The molecular formula is C21H12F3N5O3S. The average Bonchev–Trinajstić information content (AvgIpc) is 3.09. The van der Waals surface area contributed by atoms with Crippen LogP contribution in [0.1, 0.15) is 11.1 Å². The molecule has 0 bridgehead atoms. The van der Waals surface area contributed by atoms with E-state index in [4.69, 9.17) is 15.6 Å². The van der Waals surface area contributed by atoms with E-state index >= 15 is 0 Å². The number of aromatic nitrogens is 2. The van der Waals surface area contributed by atoms with Gasteiger partial charge >= 0.3 is 12.1 Å². The van der Waals surface area contributed by atoms with Gasteiger partial charge in [-0.05, 0) is 41.6 Å². The SMILES string of the molecule is N#Cc1cnc2ccc(/C=C3\SC(N)=NC3=O)cc2c1-c1cccnc1.O=C(O)C(F)(F)F. The summed E-state index contributed by atoms with van der Waals surface area (Å²) in [6.07, 6.45) is 1.61. The molecule has 33 heavy (non-hydrogen) atoms. The van der Waals surface area contributed by atoms with Gasteiger partial charge in [-0.3, -0.25) is 14.8 Å². The molecule has 0 fully saturated rings. The third-order valence-corrected chi connectivity index (χ3v) is 4.95. The van der Waals surface area contributed by atoms with Crippen LogP contribution < -0.4 is 5.73 Å². The van der Waals surface area contributed by atoms with Gasteiger partial charge in [0.2, 0.25) is 0 Å². The normalized spacial score (nSPS) is 14.4. The molecule has 0 saturated carbocycles. The minimum Gasteiger partial charge on any atom is -0.475 e. The van der Waals surface area contributed by atoms with Crippen LogP contribution in [-0.4, -0.2) is 38.3 Å². The zero-order chi connectivity index (χ0) is 24.2. The van der Waals surface area contributed by atoms with Crippen molar-refractivity contribution >= 4 is 45.8 Å². The standard InChI is InChI=1S/C19H11N5OS.C2HF3O2/c20-8-13-10-23-15-4-3-11(7-16-18(25)24-19(21)26-16)6-14(15)17(13)12-2-1-5-22-9-12;3-2(4,5)1(6)7/h1-7,9-10H,(H2,21,24,25);(H,6,7)/b16-7-;. The number of carboxylic acids is 1. The van der Waals surface area contributed by atoms with Crippen molar-refractivity contribution in [3.63, 3.8) is 0 Å². The van der Waals surface area contributed by atoms with Crippen LogP contribution in [0.5, 0.6) is 0 Å². The number of nitrogens with two attached hydrogens (primary N) is 1. The Morgan fingerprint density at radius 1 is 1.24 bits per heavy atom. The zero-order valence-corrected chi connectivity index (χ0v) is 17.2. The first-order chi connectivity index (χ1) is 15.6. The van der Waals surface area contributed by atoms with E-state index in [1.165, 1.54) is 0 Å². The Bertz CT molecular complexity index is 1350. The van der Waals surface area contributed by atoms with Crippen molar-refractivity contribution in [3.8, 4) is 17.2 Å². The van der Waals surface area contributed by atoms with E-state index in [9.17, 15) is 23.2 Å². The number of rotatable bonds is 2. The number of aliphatic carboxylic acids is 1.